The second-order valence-electron chi connectivity index (χ2n) is 10.3. The zero-order valence-electron chi connectivity index (χ0n) is 25.8. The molecule has 2 N–H and O–H groups in total. The molecular weight excluding hydrogens is 620 g/mol. The van der Waals surface area contributed by atoms with Crippen molar-refractivity contribution < 1.29 is 52.5 Å². The average molecular weight is 659 g/mol. The summed E-state index contributed by atoms with van der Waals surface area (Å²) >= 11 is 0. The second-order valence-corrected chi connectivity index (χ2v) is 10.3. The fraction of sp³-hybridized carbons (Fsp3) is 0.484. The lowest BCUT2D eigenvalue weighted by Gasteiger charge is -2.27. The molecule has 0 aliphatic carbocycles. The lowest BCUT2D eigenvalue weighted by Crippen LogP contribution is -2.54. The Balaban J connectivity index is 0.951. The molecule has 16 nitrogen and oxygen atoms in total. The van der Waals surface area contributed by atoms with Crippen LogP contribution in [0.1, 0.15) is 33.6 Å². The molecule has 47 heavy (non-hydrogen) atoms. The van der Waals surface area contributed by atoms with Crippen LogP contribution in [0.2, 0.25) is 0 Å². The standard InChI is InChI=1S/C31H38N4O12/c36-27-9-8-26(29(37)33-27)34-30(38)24-2-1-3-25(28(24)31(34)39)32-10-11-42-12-13-43-14-15-44-16-17-45-18-19-46-20-21-47-23-6-4-22(5-7-23)35(40)41/h1-7,26,32H,8-21H2,(H,33,36,37). The van der Waals surface area contributed by atoms with Gasteiger partial charge in [0.05, 0.1) is 82.1 Å². The number of rotatable bonds is 22. The Hall–Kier alpha value is -4.48. The molecule has 2 aliphatic rings. The first-order chi connectivity index (χ1) is 22.9. The smallest absolute Gasteiger partial charge is 0.269 e. The monoisotopic (exact) mass is 658 g/mol. The number of benzene rings is 2. The highest BCUT2D eigenvalue weighted by atomic mass is 16.6. The molecule has 16 heteroatoms. The van der Waals surface area contributed by atoms with Gasteiger partial charge in [0.1, 0.15) is 18.4 Å². The molecule has 4 amide bonds. The largest absolute Gasteiger partial charge is 0.491 e. The first kappa shape index (κ1) is 35.4. The second kappa shape index (κ2) is 18.6. The number of nitrogens with zero attached hydrogens (tertiary/aromatic N) is 2. The number of amides is 4. The first-order valence-corrected chi connectivity index (χ1v) is 15.2. The average Bonchev–Trinajstić information content (AvgIpc) is 3.31. The van der Waals surface area contributed by atoms with E-state index in [0.29, 0.717) is 90.7 Å². The van der Waals surface area contributed by atoms with Crippen molar-refractivity contribution in [2.45, 2.75) is 18.9 Å². The lowest BCUT2D eigenvalue weighted by molar-refractivity contribution is -0.384. The van der Waals surface area contributed by atoms with Crippen LogP contribution in [0, 0.1) is 10.1 Å². The molecule has 0 radical (unpaired) electrons. The van der Waals surface area contributed by atoms with E-state index in [1.807, 2.05) is 0 Å². The third-order valence-corrected chi connectivity index (χ3v) is 7.06. The minimum absolute atomic E-state index is 0.00810. The van der Waals surface area contributed by atoms with E-state index in [0.717, 1.165) is 4.90 Å². The molecule has 1 unspecified atom stereocenters. The van der Waals surface area contributed by atoms with Crippen LogP contribution in [0.15, 0.2) is 42.5 Å². The molecule has 2 aromatic carbocycles. The van der Waals surface area contributed by atoms with Crippen molar-refractivity contribution in [3.8, 4) is 5.75 Å². The number of hydrogen-bond donors (Lipinski definition) is 2. The van der Waals surface area contributed by atoms with Crippen molar-refractivity contribution in [3.63, 3.8) is 0 Å². The summed E-state index contributed by atoms with van der Waals surface area (Å²) in [5.41, 5.74) is 0.889. The van der Waals surface area contributed by atoms with Gasteiger partial charge in [-0.2, -0.15) is 0 Å². The summed E-state index contributed by atoms with van der Waals surface area (Å²) in [5.74, 6) is -1.66. The van der Waals surface area contributed by atoms with Gasteiger partial charge in [-0.15, -0.1) is 0 Å². The van der Waals surface area contributed by atoms with Gasteiger partial charge in [-0.3, -0.25) is 39.5 Å². The SMILES string of the molecule is O=C1CCC(N2C(=O)c3cccc(NCCOCCOCCOCCOCCOCCOc4ccc([N+](=O)[O-])cc4)c3C2=O)C(=O)N1. The van der Waals surface area contributed by atoms with Crippen molar-refractivity contribution in [1.82, 2.24) is 10.2 Å². The lowest BCUT2D eigenvalue weighted by atomic mass is 10.0. The van der Waals surface area contributed by atoms with E-state index in [1.165, 1.54) is 24.3 Å². The maximum Gasteiger partial charge on any atom is 0.269 e. The molecule has 0 saturated carbocycles. The quantitative estimate of drug-likeness (QED) is 0.0802. The number of nitro benzene ring substituents is 1. The van der Waals surface area contributed by atoms with Gasteiger partial charge in [-0.05, 0) is 30.7 Å². The van der Waals surface area contributed by atoms with Crippen LogP contribution in [0.3, 0.4) is 0 Å². The van der Waals surface area contributed by atoms with E-state index >= 15 is 0 Å². The predicted octanol–water partition coefficient (Wildman–Crippen LogP) is 1.57. The Morgan fingerprint density at radius 2 is 1.34 bits per heavy atom. The topological polar surface area (TPSA) is 194 Å². The predicted molar refractivity (Wildman–Crippen MR) is 164 cm³/mol. The van der Waals surface area contributed by atoms with Crippen molar-refractivity contribution in [3.05, 3.63) is 63.7 Å². The number of nitrogens with one attached hydrogen (secondary N) is 2. The van der Waals surface area contributed by atoms with Gasteiger partial charge < -0.3 is 33.7 Å². The summed E-state index contributed by atoms with van der Waals surface area (Å²) in [6.45, 7) is 4.56. The molecule has 2 aromatic rings. The number of nitro groups is 1. The van der Waals surface area contributed by atoms with Gasteiger partial charge in [0, 0.05) is 30.8 Å². The molecule has 1 atom stereocenters. The van der Waals surface area contributed by atoms with Crippen LogP contribution in [0.5, 0.6) is 5.75 Å². The third-order valence-electron chi connectivity index (χ3n) is 7.06. The zero-order valence-corrected chi connectivity index (χ0v) is 25.8. The fourth-order valence-electron chi connectivity index (χ4n) is 4.78. The highest BCUT2D eigenvalue weighted by molar-refractivity contribution is 6.25. The molecule has 0 aromatic heterocycles. The van der Waals surface area contributed by atoms with E-state index in [1.54, 1.807) is 18.2 Å². The van der Waals surface area contributed by atoms with E-state index in [2.05, 4.69) is 10.6 Å². The van der Waals surface area contributed by atoms with Crippen LogP contribution in [0.25, 0.3) is 0 Å². The fourth-order valence-corrected chi connectivity index (χ4v) is 4.78. The van der Waals surface area contributed by atoms with Crippen LogP contribution in [-0.4, -0.2) is 119 Å². The van der Waals surface area contributed by atoms with Crippen LogP contribution in [-0.2, 0) is 33.3 Å². The van der Waals surface area contributed by atoms with Crippen molar-refractivity contribution in [2.24, 2.45) is 0 Å². The van der Waals surface area contributed by atoms with E-state index < -0.39 is 34.6 Å². The van der Waals surface area contributed by atoms with Crippen LogP contribution < -0.4 is 15.4 Å². The van der Waals surface area contributed by atoms with Crippen molar-refractivity contribution in [2.75, 3.05) is 84.5 Å². The molecular formula is C31H38N4O12. The number of piperidine rings is 1. The van der Waals surface area contributed by atoms with Gasteiger partial charge in [0.25, 0.3) is 17.5 Å². The van der Waals surface area contributed by atoms with Gasteiger partial charge >= 0.3 is 0 Å². The normalized spacial score (nSPS) is 15.9. The van der Waals surface area contributed by atoms with Crippen molar-refractivity contribution >= 4 is 35.0 Å². The maximum absolute atomic E-state index is 13.1. The van der Waals surface area contributed by atoms with Crippen LogP contribution >= 0.6 is 0 Å². The van der Waals surface area contributed by atoms with Gasteiger partial charge in [0.2, 0.25) is 11.8 Å². The summed E-state index contributed by atoms with van der Waals surface area (Å²) in [7, 11) is 0. The Bertz CT molecular complexity index is 1390. The molecule has 2 heterocycles. The van der Waals surface area contributed by atoms with E-state index in [9.17, 15) is 29.3 Å². The Kier molecular flexibility index (Phi) is 14.0. The number of carbonyl (C=O) groups excluding carboxylic acids is 4. The minimum Gasteiger partial charge on any atom is -0.491 e. The van der Waals surface area contributed by atoms with Gasteiger partial charge in [-0.1, -0.05) is 6.07 Å². The summed E-state index contributed by atoms with van der Waals surface area (Å²) in [6.07, 6.45) is 0.158. The van der Waals surface area contributed by atoms with Gasteiger partial charge in [0.15, 0.2) is 0 Å². The first-order valence-electron chi connectivity index (χ1n) is 15.2. The highest BCUT2D eigenvalue weighted by Gasteiger charge is 2.45. The van der Waals surface area contributed by atoms with Gasteiger partial charge in [-0.25, -0.2) is 0 Å². The summed E-state index contributed by atoms with van der Waals surface area (Å²) < 4.78 is 32.8. The number of imide groups is 2. The van der Waals surface area contributed by atoms with Crippen LogP contribution in [0.4, 0.5) is 11.4 Å². The molecule has 4 rings (SSSR count). The number of ether oxygens (including phenoxy) is 6. The number of anilines is 1. The maximum atomic E-state index is 13.1. The van der Waals surface area contributed by atoms with Crippen molar-refractivity contribution in [1.29, 1.82) is 0 Å². The summed E-state index contributed by atoms with van der Waals surface area (Å²) in [6, 6.07) is 9.71. The molecule has 1 fully saturated rings. The molecule has 254 valence electrons. The summed E-state index contributed by atoms with van der Waals surface area (Å²) in [4.78, 5) is 60.9. The highest BCUT2D eigenvalue weighted by Crippen LogP contribution is 2.32. The molecule has 0 bridgehead atoms. The van der Waals surface area contributed by atoms with E-state index in [-0.39, 0.29) is 29.7 Å². The Morgan fingerprint density at radius 1 is 0.766 bits per heavy atom. The third kappa shape index (κ3) is 10.5. The molecule has 2 aliphatic heterocycles. The zero-order chi connectivity index (χ0) is 33.4. The number of hydrogen-bond acceptors (Lipinski definition) is 13. The number of fused-ring (bicyclic) bond motifs is 1. The Morgan fingerprint density at radius 3 is 1.91 bits per heavy atom. The minimum atomic E-state index is -1.02. The number of non-ortho nitro benzene ring substituents is 1. The summed E-state index contributed by atoms with van der Waals surface area (Å²) in [5, 5.41) is 16.0. The van der Waals surface area contributed by atoms with E-state index in [4.69, 9.17) is 28.4 Å². The molecule has 0 spiro atoms. The number of carbonyl (C=O) groups is 4. The molecule has 1 saturated heterocycles. The Labute approximate surface area is 270 Å².